The fourth-order valence-electron chi connectivity index (χ4n) is 2.61. The van der Waals surface area contributed by atoms with Gasteiger partial charge in [-0.15, -0.1) is 0 Å². The highest BCUT2D eigenvalue weighted by Gasteiger charge is 2.22. The predicted molar refractivity (Wildman–Crippen MR) is 98.2 cm³/mol. The van der Waals surface area contributed by atoms with Gasteiger partial charge in [-0.25, -0.2) is 13.1 Å². The quantitative estimate of drug-likeness (QED) is 0.739. The first-order chi connectivity index (χ1) is 11.5. The molecular weight excluding hydrogens is 344 g/mol. The average molecular weight is 369 g/mol. The maximum absolute atomic E-state index is 12.5. The Labute approximate surface area is 148 Å². The number of likely N-dealkylation sites (N-methyl/N-ethyl adjacent to an activating group) is 1. The van der Waals surface area contributed by atoms with Crippen LogP contribution in [0.25, 0.3) is 0 Å². The van der Waals surface area contributed by atoms with Crippen LogP contribution in [0.5, 0.6) is 5.75 Å². The number of thiophene rings is 1. The molecule has 0 aliphatic carbocycles. The van der Waals surface area contributed by atoms with Crippen molar-refractivity contribution in [2.75, 3.05) is 26.7 Å². The van der Waals surface area contributed by atoms with Crippen LogP contribution in [-0.4, -0.2) is 40.1 Å². The molecule has 0 aliphatic heterocycles. The summed E-state index contributed by atoms with van der Waals surface area (Å²) in [5, 5.41) is 4.09. The zero-order valence-electron chi connectivity index (χ0n) is 14.2. The zero-order valence-corrected chi connectivity index (χ0v) is 15.9. The molecule has 7 heteroatoms. The number of nitrogens with one attached hydrogen (secondary N) is 1. The molecule has 0 bridgehead atoms. The Morgan fingerprint density at radius 2 is 1.83 bits per heavy atom. The van der Waals surface area contributed by atoms with E-state index < -0.39 is 10.0 Å². The Morgan fingerprint density at radius 3 is 2.33 bits per heavy atom. The number of ether oxygens (including phenoxy) is 1. The van der Waals surface area contributed by atoms with Crippen molar-refractivity contribution in [3.8, 4) is 5.75 Å². The number of methoxy groups -OCH3 is 1. The Bertz CT molecular complexity index is 709. The molecule has 0 spiro atoms. The topological polar surface area (TPSA) is 58.6 Å². The third kappa shape index (κ3) is 4.57. The van der Waals surface area contributed by atoms with Gasteiger partial charge >= 0.3 is 0 Å². The summed E-state index contributed by atoms with van der Waals surface area (Å²) in [4.78, 5) is 2.49. The second kappa shape index (κ2) is 8.62. The minimum absolute atomic E-state index is 0.0271. The molecular formula is C17H24N2O3S2. The van der Waals surface area contributed by atoms with Gasteiger partial charge < -0.3 is 4.74 Å². The van der Waals surface area contributed by atoms with Gasteiger partial charge in [0.25, 0.3) is 0 Å². The van der Waals surface area contributed by atoms with Crippen molar-refractivity contribution in [2.24, 2.45) is 0 Å². The third-order valence-corrected chi connectivity index (χ3v) is 6.16. The smallest absolute Gasteiger partial charge is 0.240 e. The zero-order chi connectivity index (χ0) is 17.6. The van der Waals surface area contributed by atoms with Gasteiger partial charge in [0, 0.05) is 12.6 Å². The van der Waals surface area contributed by atoms with Gasteiger partial charge in [0.1, 0.15) is 5.75 Å². The molecule has 0 aliphatic rings. The second-order valence-electron chi connectivity index (χ2n) is 5.32. The molecule has 1 heterocycles. The molecule has 132 valence electrons. The molecule has 0 saturated carbocycles. The lowest BCUT2D eigenvalue weighted by molar-refractivity contribution is 0.220. The Balaban J connectivity index is 2.14. The summed E-state index contributed by atoms with van der Waals surface area (Å²) in [5.74, 6) is 0.633. The normalized spacial score (nSPS) is 13.2. The molecule has 1 aromatic carbocycles. The maximum atomic E-state index is 12.5. The number of sulfonamides is 1. The Kier molecular flexibility index (Phi) is 6.79. The van der Waals surface area contributed by atoms with E-state index in [9.17, 15) is 8.42 Å². The molecule has 1 unspecified atom stereocenters. The van der Waals surface area contributed by atoms with Crippen molar-refractivity contribution >= 4 is 21.4 Å². The third-order valence-electron chi connectivity index (χ3n) is 4.02. The van der Waals surface area contributed by atoms with Crippen LogP contribution >= 0.6 is 11.3 Å². The van der Waals surface area contributed by atoms with E-state index in [2.05, 4.69) is 34.9 Å². The molecule has 5 nitrogen and oxygen atoms in total. The van der Waals surface area contributed by atoms with Gasteiger partial charge in [-0.05, 0) is 59.7 Å². The van der Waals surface area contributed by atoms with Crippen molar-refractivity contribution in [2.45, 2.75) is 24.8 Å². The van der Waals surface area contributed by atoms with Gasteiger partial charge in [-0.2, -0.15) is 11.3 Å². The van der Waals surface area contributed by atoms with E-state index in [0.29, 0.717) is 12.3 Å². The minimum atomic E-state index is -3.55. The summed E-state index contributed by atoms with van der Waals surface area (Å²) in [7, 11) is -2.00. The summed E-state index contributed by atoms with van der Waals surface area (Å²) in [6, 6.07) is 8.48. The highest BCUT2D eigenvalue weighted by molar-refractivity contribution is 7.89. The number of rotatable bonds is 9. The highest BCUT2D eigenvalue weighted by Crippen LogP contribution is 2.23. The lowest BCUT2D eigenvalue weighted by atomic mass is 10.1. The first-order valence-corrected chi connectivity index (χ1v) is 10.3. The molecule has 1 atom stereocenters. The monoisotopic (exact) mass is 368 g/mol. The van der Waals surface area contributed by atoms with Gasteiger partial charge in [0.2, 0.25) is 10.0 Å². The fourth-order valence-corrected chi connectivity index (χ4v) is 4.36. The number of hydrogen-bond donors (Lipinski definition) is 1. The van der Waals surface area contributed by atoms with E-state index >= 15 is 0 Å². The van der Waals surface area contributed by atoms with Crippen molar-refractivity contribution in [1.29, 1.82) is 0 Å². The molecule has 0 amide bonds. The van der Waals surface area contributed by atoms with Crippen LogP contribution in [0.15, 0.2) is 46.0 Å². The van der Waals surface area contributed by atoms with E-state index in [-0.39, 0.29) is 10.9 Å². The van der Waals surface area contributed by atoms with Gasteiger partial charge in [-0.3, -0.25) is 4.90 Å². The Morgan fingerprint density at radius 1 is 1.17 bits per heavy atom. The van der Waals surface area contributed by atoms with E-state index in [0.717, 1.165) is 18.7 Å². The maximum Gasteiger partial charge on any atom is 0.240 e. The van der Waals surface area contributed by atoms with E-state index in [1.54, 1.807) is 42.7 Å². The first-order valence-electron chi connectivity index (χ1n) is 7.91. The lowest BCUT2D eigenvalue weighted by Crippen LogP contribution is -2.37. The summed E-state index contributed by atoms with van der Waals surface area (Å²) in [6.45, 7) is 6.23. The van der Waals surface area contributed by atoms with Crippen LogP contribution in [-0.2, 0) is 10.0 Å². The summed E-state index contributed by atoms with van der Waals surface area (Å²) in [5.41, 5.74) is 1.14. The number of hydrogen-bond acceptors (Lipinski definition) is 5. The molecule has 0 saturated heterocycles. The van der Waals surface area contributed by atoms with Gasteiger partial charge in [0.15, 0.2) is 0 Å². The van der Waals surface area contributed by atoms with E-state index in [4.69, 9.17) is 4.74 Å². The highest BCUT2D eigenvalue weighted by atomic mass is 32.2. The van der Waals surface area contributed by atoms with Crippen LogP contribution in [0.1, 0.15) is 25.5 Å². The molecule has 1 aromatic heterocycles. The van der Waals surface area contributed by atoms with Crippen molar-refractivity contribution in [1.82, 2.24) is 9.62 Å². The number of benzene rings is 1. The van der Waals surface area contributed by atoms with Crippen LogP contribution in [0.3, 0.4) is 0 Å². The van der Waals surface area contributed by atoms with Crippen molar-refractivity contribution < 1.29 is 13.2 Å². The molecule has 2 rings (SSSR count). The van der Waals surface area contributed by atoms with Crippen molar-refractivity contribution in [3.63, 3.8) is 0 Å². The molecule has 2 aromatic rings. The van der Waals surface area contributed by atoms with Crippen LogP contribution in [0, 0.1) is 0 Å². The van der Waals surface area contributed by atoms with Crippen LogP contribution in [0.2, 0.25) is 0 Å². The van der Waals surface area contributed by atoms with Crippen molar-refractivity contribution in [3.05, 3.63) is 46.7 Å². The minimum Gasteiger partial charge on any atom is -0.497 e. The molecule has 24 heavy (non-hydrogen) atoms. The molecule has 0 fully saturated rings. The SMILES string of the molecule is CCN(CC)C(CNS(=O)(=O)c1ccc(OC)cc1)c1ccsc1. The number of nitrogens with zero attached hydrogens (tertiary/aromatic N) is 1. The molecule has 1 N–H and O–H groups in total. The summed E-state index contributed by atoms with van der Waals surface area (Å²) >= 11 is 1.62. The summed E-state index contributed by atoms with van der Waals surface area (Å²) < 4.78 is 32.9. The van der Waals surface area contributed by atoms with Gasteiger partial charge in [0.05, 0.1) is 12.0 Å². The average Bonchev–Trinajstić information content (AvgIpc) is 3.13. The largest absolute Gasteiger partial charge is 0.497 e. The fraction of sp³-hybridized carbons (Fsp3) is 0.412. The lowest BCUT2D eigenvalue weighted by Gasteiger charge is -2.29. The summed E-state index contributed by atoms with van der Waals surface area (Å²) in [6.07, 6.45) is 0. The predicted octanol–water partition coefficient (Wildman–Crippen LogP) is 3.12. The van der Waals surface area contributed by atoms with Gasteiger partial charge in [-0.1, -0.05) is 13.8 Å². The van der Waals surface area contributed by atoms with E-state index in [1.165, 1.54) is 0 Å². The molecule has 0 radical (unpaired) electrons. The van der Waals surface area contributed by atoms with Crippen LogP contribution in [0.4, 0.5) is 0 Å². The van der Waals surface area contributed by atoms with E-state index in [1.807, 2.05) is 5.38 Å². The first kappa shape index (κ1) is 18.9. The second-order valence-corrected chi connectivity index (χ2v) is 7.87. The van der Waals surface area contributed by atoms with Crippen LogP contribution < -0.4 is 9.46 Å². The standard InChI is InChI=1S/C17H24N2O3S2/c1-4-19(5-2)17(14-10-11-23-13-14)12-18-24(20,21)16-8-6-15(22-3)7-9-16/h6-11,13,17-18H,4-5,12H2,1-3H3. The Hall–Kier alpha value is -1.41.